The molecule has 3 rings (SSSR count). The summed E-state index contributed by atoms with van der Waals surface area (Å²) in [7, 11) is 0. The van der Waals surface area contributed by atoms with Gasteiger partial charge in [-0.1, -0.05) is 17.7 Å². The summed E-state index contributed by atoms with van der Waals surface area (Å²) in [5.41, 5.74) is 1.65. The highest BCUT2D eigenvalue weighted by Crippen LogP contribution is 2.17. The molecule has 0 aliphatic heterocycles. The summed E-state index contributed by atoms with van der Waals surface area (Å²) in [6.45, 7) is 2.72. The van der Waals surface area contributed by atoms with Gasteiger partial charge in [-0.2, -0.15) is 10.2 Å². The van der Waals surface area contributed by atoms with E-state index in [4.69, 9.17) is 16.3 Å². The molecule has 130 valence electrons. The molecule has 25 heavy (non-hydrogen) atoms. The van der Waals surface area contributed by atoms with Crippen LogP contribution in [0.25, 0.3) is 0 Å². The lowest BCUT2D eigenvalue weighted by Crippen LogP contribution is -2.15. The van der Waals surface area contributed by atoms with Crippen LogP contribution in [0.2, 0.25) is 5.02 Å². The Bertz CT molecular complexity index is 858. The first-order chi connectivity index (χ1) is 12.1. The minimum absolute atomic E-state index is 0.0924. The predicted molar refractivity (Wildman–Crippen MR) is 94.5 cm³/mol. The molecular formula is C17H18ClN5O2. The van der Waals surface area contributed by atoms with Gasteiger partial charge in [0.2, 0.25) is 5.91 Å². The zero-order chi connectivity index (χ0) is 17.6. The largest absolute Gasteiger partial charge is 0.471 e. The lowest BCUT2D eigenvalue weighted by Gasteiger charge is -2.06. The molecule has 0 atom stereocenters. The number of anilines is 1. The number of carbonyl (C=O) groups is 1. The van der Waals surface area contributed by atoms with Gasteiger partial charge < -0.3 is 10.1 Å². The van der Waals surface area contributed by atoms with Gasteiger partial charge in [0.1, 0.15) is 5.75 Å². The van der Waals surface area contributed by atoms with Crippen molar-refractivity contribution in [2.24, 2.45) is 0 Å². The van der Waals surface area contributed by atoms with Crippen LogP contribution in [-0.2, 0) is 18.1 Å². The van der Waals surface area contributed by atoms with E-state index in [1.807, 2.05) is 25.1 Å². The van der Waals surface area contributed by atoms with Crippen molar-refractivity contribution in [3.05, 3.63) is 59.6 Å². The van der Waals surface area contributed by atoms with Crippen molar-refractivity contribution in [2.45, 2.75) is 26.6 Å². The number of hydrogen-bond acceptors (Lipinski definition) is 4. The third-order valence-corrected chi connectivity index (χ3v) is 3.79. The molecule has 1 N–H and O–H groups in total. The van der Waals surface area contributed by atoms with Gasteiger partial charge in [0.15, 0.2) is 6.73 Å². The van der Waals surface area contributed by atoms with Crippen LogP contribution < -0.4 is 10.1 Å². The van der Waals surface area contributed by atoms with E-state index in [0.717, 1.165) is 5.69 Å². The molecule has 1 aromatic carbocycles. The Morgan fingerprint density at radius 3 is 2.96 bits per heavy atom. The lowest BCUT2D eigenvalue weighted by molar-refractivity contribution is -0.116. The number of halogens is 1. The maximum absolute atomic E-state index is 12.0. The van der Waals surface area contributed by atoms with Gasteiger partial charge in [-0.25, -0.2) is 4.68 Å². The summed E-state index contributed by atoms with van der Waals surface area (Å²) in [6, 6.07) is 9.04. The zero-order valence-corrected chi connectivity index (χ0v) is 14.5. The topological polar surface area (TPSA) is 74.0 Å². The summed E-state index contributed by atoms with van der Waals surface area (Å²) >= 11 is 5.91. The molecule has 0 radical (unpaired) electrons. The van der Waals surface area contributed by atoms with Gasteiger partial charge in [-0.15, -0.1) is 0 Å². The van der Waals surface area contributed by atoms with E-state index in [-0.39, 0.29) is 12.6 Å². The summed E-state index contributed by atoms with van der Waals surface area (Å²) in [4.78, 5) is 12.0. The molecule has 0 aliphatic carbocycles. The first kappa shape index (κ1) is 17.0. The number of nitrogens with one attached hydrogen (secondary N) is 1. The molecule has 3 aromatic rings. The van der Waals surface area contributed by atoms with E-state index in [0.29, 0.717) is 29.4 Å². The highest BCUT2D eigenvalue weighted by molar-refractivity contribution is 6.30. The Morgan fingerprint density at radius 1 is 1.32 bits per heavy atom. The first-order valence-electron chi connectivity index (χ1n) is 7.79. The molecule has 8 heteroatoms. The first-order valence-corrected chi connectivity index (χ1v) is 8.17. The Hall–Kier alpha value is -2.80. The van der Waals surface area contributed by atoms with Crippen molar-refractivity contribution in [3.8, 4) is 5.75 Å². The molecule has 2 aromatic heterocycles. The van der Waals surface area contributed by atoms with Crippen LogP contribution in [0, 0.1) is 6.92 Å². The van der Waals surface area contributed by atoms with E-state index >= 15 is 0 Å². The van der Waals surface area contributed by atoms with Gasteiger partial charge >= 0.3 is 0 Å². The number of aromatic nitrogens is 4. The van der Waals surface area contributed by atoms with Gasteiger partial charge in [-0.3, -0.25) is 9.48 Å². The van der Waals surface area contributed by atoms with Gasteiger partial charge in [-0.05, 0) is 31.2 Å². The van der Waals surface area contributed by atoms with Crippen LogP contribution in [0.4, 0.5) is 5.69 Å². The third-order valence-electron chi connectivity index (χ3n) is 3.56. The van der Waals surface area contributed by atoms with Crippen LogP contribution in [0.3, 0.4) is 0 Å². The van der Waals surface area contributed by atoms with Gasteiger partial charge in [0.05, 0.1) is 18.1 Å². The van der Waals surface area contributed by atoms with Crippen molar-refractivity contribution in [1.29, 1.82) is 0 Å². The Morgan fingerprint density at radius 2 is 2.20 bits per heavy atom. The maximum atomic E-state index is 12.0. The standard InChI is InChI=1S/C17H18ClN5O2/c1-13-5-7-19-23(13)8-6-17(24)21-15-10-20-22(11-15)12-25-16-4-2-3-14(18)9-16/h2-5,7,9-11H,6,8,12H2,1H3,(H,21,24). The molecule has 1 amide bonds. The van der Waals surface area contributed by atoms with E-state index in [2.05, 4.69) is 15.5 Å². The fraction of sp³-hybridized carbons (Fsp3) is 0.235. The summed E-state index contributed by atoms with van der Waals surface area (Å²) in [6.07, 6.45) is 5.35. The molecule has 0 aliphatic rings. The average Bonchev–Trinajstić information content (AvgIpc) is 3.20. The Kier molecular flexibility index (Phi) is 5.35. The maximum Gasteiger partial charge on any atom is 0.226 e. The minimum Gasteiger partial charge on any atom is -0.471 e. The molecule has 2 heterocycles. The molecule has 0 saturated heterocycles. The number of nitrogens with zero attached hydrogens (tertiary/aromatic N) is 4. The van der Waals surface area contributed by atoms with Crippen molar-refractivity contribution in [2.75, 3.05) is 5.32 Å². The van der Waals surface area contributed by atoms with Gasteiger partial charge in [0, 0.05) is 29.9 Å². The van der Waals surface area contributed by atoms with Crippen LogP contribution in [0.15, 0.2) is 48.9 Å². The second-order valence-corrected chi connectivity index (χ2v) is 5.93. The number of benzene rings is 1. The molecule has 0 fully saturated rings. The Labute approximate surface area is 150 Å². The lowest BCUT2D eigenvalue weighted by atomic mass is 10.3. The van der Waals surface area contributed by atoms with E-state index < -0.39 is 0 Å². The number of amides is 1. The minimum atomic E-state index is -0.0924. The molecular weight excluding hydrogens is 342 g/mol. The average molecular weight is 360 g/mol. The highest BCUT2D eigenvalue weighted by atomic mass is 35.5. The number of carbonyl (C=O) groups excluding carboxylic acids is 1. The van der Waals surface area contributed by atoms with E-state index in [9.17, 15) is 4.79 Å². The highest BCUT2D eigenvalue weighted by Gasteiger charge is 2.07. The quantitative estimate of drug-likeness (QED) is 0.703. The van der Waals surface area contributed by atoms with Gasteiger partial charge in [0.25, 0.3) is 0 Å². The molecule has 0 unspecified atom stereocenters. The molecule has 0 saturated carbocycles. The van der Waals surface area contributed by atoms with Crippen LogP contribution in [0.1, 0.15) is 12.1 Å². The van der Waals surface area contributed by atoms with Crippen molar-refractivity contribution < 1.29 is 9.53 Å². The number of hydrogen-bond donors (Lipinski definition) is 1. The third kappa shape index (κ3) is 4.84. The zero-order valence-electron chi connectivity index (χ0n) is 13.7. The normalized spacial score (nSPS) is 10.6. The fourth-order valence-electron chi connectivity index (χ4n) is 2.26. The number of aryl methyl sites for hydroxylation is 2. The van der Waals surface area contributed by atoms with E-state index in [1.54, 1.807) is 40.1 Å². The SMILES string of the molecule is Cc1ccnn1CCC(=O)Nc1cnn(COc2cccc(Cl)c2)c1. The van der Waals surface area contributed by atoms with Crippen LogP contribution in [-0.4, -0.2) is 25.5 Å². The second-order valence-electron chi connectivity index (χ2n) is 5.49. The Balaban J connectivity index is 1.47. The van der Waals surface area contributed by atoms with Crippen LogP contribution >= 0.6 is 11.6 Å². The van der Waals surface area contributed by atoms with Crippen LogP contribution in [0.5, 0.6) is 5.75 Å². The fourth-order valence-corrected chi connectivity index (χ4v) is 2.44. The smallest absolute Gasteiger partial charge is 0.226 e. The van der Waals surface area contributed by atoms with Crippen molar-refractivity contribution in [1.82, 2.24) is 19.6 Å². The number of ether oxygens (including phenoxy) is 1. The molecule has 7 nitrogen and oxygen atoms in total. The monoisotopic (exact) mass is 359 g/mol. The van der Waals surface area contributed by atoms with Crippen molar-refractivity contribution >= 4 is 23.2 Å². The predicted octanol–water partition coefficient (Wildman–Crippen LogP) is 3.11. The molecule has 0 spiro atoms. The van der Waals surface area contributed by atoms with E-state index in [1.165, 1.54) is 0 Å². The molecule has 0 bridgehead atoms. The second kappa shape index (κ2) is 7.85. The summed E-state index contributed by atoms with van der Waals surface area (Å²) in [5.74, 6) is 0.563. The summed E-state index contributed by atoms with van der Waals surface area (Å²) < 4.78 is 8.98. The number of rotatable bonds is 7. The van der Waals surface area contributed by atoms with Crippen molar-refractivity contribution in [3.63, 3.8) is 0 Å². The summed E-state index contributed by atoms with van der Waals surface area (Å²) in [5, 5.41) is 11.7.